The molecule has 143 heavy (non-hydrogen) atoms. The minimum atomic E-state index is -4.81. The molecule has 16 aromatic rings. The molecule has 0 bridgehead atoms. The number of anilines is 4. The van der Waals surface area contributed by atoms with Crippen molar-refractivity contribution in [2.24, 2.45) is 4.99 Å². The van der Waals surface area contributed by atoms with E-state index in [1.807, 2.05) is 132 Å². The number of nitrogens with two attached hydrogens (primary N) is 4. The van der Waals surface area contributed by atoms with E-state index in [-0.39, 0.29) is 83.8 Å². The minimum Gasteiger partial charge on any atom is -0.404 e. The number of phosphoric ester groups is 4. The monoisotopic (exact) mass is 2220 g/mol. The van der Waals surface area contributed by atoms with Gasteiger partial charge in [-0.3, -0.25) is 53.5 Å². The Bertz CT molecular complexity index is 7160. The van der Waals surface area contributed by atoms with Gasteiger partial charge in [0.1, 0.15) is 85.7 Å². The Morgan fingerprint density at radius 3 is 0.965 bits per heavy atom. The molecule has 752 valence electrons. The smallest absolute Gasteiger partial charge is 0.404 e. The zero-order valence-corrected chi connectivity index (χ0v) is 87.1. The number of alkyl halides is 3. The number of aryl methyl sites for hydroxylation is 8. The third kappa shape index (κ3) is 28.0. The van der Waals surface area contributed by atoms with Gasteiger partial charge in [0.25, 0.3) is 0 Å². The van der Waals surface area contributed by atoms with Crippen molar-refractivity contribution in [2.45, 2.75) is 183 Å². The first-order chi connectivity index (χ1) is 68.3. The van der Waals surface area contributed by atoms with Crippen LogP contribution >= 0.6 is 81.4 Å². The molecular weight excluding hydrogens is 2110 g/mol. The molecule has 37 nitrogen and oxygen atoms in total. The second-order valence-corrected chi connectivity index (χ2v) is 40.4. The molecule has 16 rings (SSSR count). The van der Waals surface area contributed by atoms with Crippen molar-refractivity contribution in [3.05, 3.63) is 237 Å². The Morgan fingerprint density at radius 2 is 0.685 bits per heavy atom. The number of halogens is 3. The van der Waals surface area contributed by atoms with Gasteiger partial charge in [-0.15, -0.1) is 11.6 Å². The quantitative estimate of drug-likeness (QED) is 0.00556. The number of unbranched alkanes of at least 4 members (excludes halogenated alkanes) is 4. The molecule has 0 aliphatic heterocycles. The minimum absolute atomic E-state index is 0.00155. The van der Waals surface area contributed by atoms with E-state index in [2.05, 4.69) is 86.8 Å². The number of phosphoric acid groups is 4. The maximum atomic E-state index is 11.9. The Labute approximate surface area is 849 Å². The fourth-order valence-corrected chi connectivity index (χ4v) is 19.7. The number of aliphatic imine (C=N–C) groups is 1. The predicted octanol–water partition coefficient (Wildman–Crippen LogP) is 18.8. The highest BCUT2D eigenvalue weighted by Crippen LogP contribution is 2.46. The van der Waals surface area contributed by atoms with Gasteiger partial charge in [0, 0.05) is 98.2 Å². The van der Waals surface area contributed by atoms with Crippen LogP contribution in [-0.4, -0.2) is 136 Å². The third-order valence-electron chi connectivity index (χ3n) is 23.6. The van der Waals surface area contributed by atoms with E-state index in [0.29, 0.717) is 117 Å². The normalized spacial score (nSPS) is 11.8. The average Bonchev–Trinajstić information content (AvgIpc) is 1.62. The highest BCUT2D eigenvalue weighted by Gasteiger charge is 2.29. The third-order valence-corrected chi connectivity index (χ3v) is 27.1. The largest absolute Gasteiger partial charge is 0.524 e. The summed E-state index contributed by atoms with van der Waals surface area (Å²) in [5.74, 6) is 4.95. The van der Waals surface area contributed by atoms with E-state index >= 15 is 0 Å². The van der Waals surface area contributed by atoms with Crippen LogP contribution < -0.4 is 41.0 Å². The topological polar surface area (TPSA) is 575 Å². The molecular formula is C99H110BrClIN17O20P4. The van der Waals surface area contributed by atoms with Gasteiger partial charge in [-0.2, -0.15) is 0 Å². The Kier molecular flexibility index (Phi) is 36.9. The number of isocyanates is 1. The first kappa shape index (κ1) is 108. The van der Waals surface area contributed by atoms with E-state index < -0.39 is 31.3 Å². The molecule has 0 atom stereocenters. The lowest BCUT2D eigenvalue weighted by Gasteiger charge is -2.17. The molecule has 0 saturated carbocycles. The van der Waals surface area contributed by atoms with E-state index in [1.54, 1.807) is 55.5 Å². The number of carbonyl (C=O) groups is 3. The van der Waals surface area contributed by atoms with E-state index in [9.17, 15) is 76.6 Å². The number of hydrogen-bond acceptors (Lipinski definition) is 25. The summed E-state index contributed by atoms with van der Waals surface area (Å²) in [6.45, 7) is 11.8. The lowest BCUT2D eigenvalue weighted by molar-refractivity contribution is -0.117. The summed E-state index contributed by atoms with van der Waals surface area (Å²) >= 11 is 10.8. The van der Waals surface area contributed by atoms with Crippen LogP contribution in [0.3, 0.4) is 0 Å². The van der Waals surface area contributed by atoms with Crippen molar-refractivity contribution >= 4 is 216 Å². The maximum Gasteiger partial charge on any atom is 0.524 e. The van der Waals surface area contributed by atoms with Crippen molar-refractivity contribution in [1.29, 1.82) is 0 Å². The van der Waals surface area contributed by atoms with Crippen molar-refractivity contribution in [3.63, 3.8) is 0 Å². The van der Waals surface area contributed by atoms with Crippen molar-refractivity contribution in [2.75, 3.05) is 38.6 Å². The number of aromatic nitrogens is 12. The van der Waals surface area contributed by atoms with Crippen LogP contribution in [0.15, 0.2) is 169 Å². The van der Waals surface area contributed by atoms with Gasteiger partial charge in [0.2, 0.25) is 6.08 Å². The number of ketones is 3. The summed E-state index contributed by atoms with van der Waals surface area (Å²) in [6, 6.07) is 50.0. The second kappa shape index (κ2) is 48.7. The molecule has 0 amide bonds. The number of imidazole rings is 4. The fraction of sp³-hybridized carbons (Fsp3) is 0.313. The summed E-state index contributed by atoms with van der Waals surface area (Å²) in [5, 5.41) is 3.97. The highest BCUT2D eigenvalue weighted by atomic mass is 127. The molecule has 0 fully saturated rings. The van der Waals surface area contributed by atoms with Crippen LogP contribution in [0.5, 0.6) is 23.0 Å². The van der Waals surface area contributed by atoms with Gasteiger partial charge in [-0.05, 0) is 145 Å². The molecule has 0 unspecified atom stereocenters. The molecule has 8 aromatic heterocycles. The first-order valence-electron chi connectivity index (χ1n) is 46.2. The van der Waals surface area contributed by atoms with Gasteiger partial charge >= 0.3 is 31.3 Å². The lowest BCUT2D eigenvalue weighted by Crippen LogP contribution is -2.08. The first-order valence-corrected chi connectivity index (χ1v) is 55.5. The molecule has 0 spiro atoms. The zero-order chi connectivity index (χ0) is 103. The number of carbonyl (C=O) groups excluding carboxylic acids is 4. The zero-order valence-electron chi connectivity index (χ0n) is 79.0. The number of rotatable bonds is 42. The molecule has 0 aliphatic rings. The van der Waals surface area contributed by atoms with Crippen LogP contribution in [0, 0.1) is 6.92 Å². The van der Waals surface area contributed by atoms with Crippen molar-refractivity contribution in [1.82, 2.24) is 58.1 Å². The number of Topliss-reactive ketones (excluding diaryl/α,β-unsaturated/α-hetero) is 3. The standard InChI is InChI=1S/C25H28BrN4O5P.C25H28ClN4O5P.C25H28IN4O5P.C24H26N5O5P/c3*1-2-3-8-22-29-23-24(19-6-4-5-7-20(19)28-25(23)27)30(22)15-16-9-12-21(35-36(32,33)34)17(13-16)10-11-18(31)14-26;1-3-4-9-20-28-21-22(18-7-5-6-8-19(18)27-24(21)25)29(20)13-16-10-15(2)23(34-35(31,32)33)17(11-16)12-26-14-30/h3*4-7,9,12-13H,2-3,8,10-11,14-15H2,1H3,(H2,27,28)(H2,32,33,34);5-8,10-11H,3-4,9,12-13H2,1-2H3,(H2,25,27)(H2,31,32,33). The molecule has 8 aromatic carbocycles. The van der Waals surface area contributed by atoms with Crippen molar-refractivity contribution < 1.29 is 94.7 Å². The summed E-state index contributed by atoms with van der Waals surface area (Å²) in [7, 11) is -19.1. The van der Waals surface area contributed by atoms with Gasteiger partial charge in [0.15, 0.2) is 23.3 Å². The van der Waals surface area contributed by atoms with E-state index in [1.165, 1.54) is 12.1 Å². The number of nitrogens with zero attached hydrogens (tertiary/aromatic N) is 13. The number of nitrogen functional groups attached to an aromatic ring is 4. The Hall–Kier alpha value is -11.8. The van der Waals surface area contributed by atoms with E-state index in [4.69, 9.17) is 72.6 Å². The number of hydrogen-bond donors (Lipinski definition) is 12. The number of fused-ring (bicyclic) bond motifs is 12. The fourth-order valence-electron chi connectivity index (χ4n) is 17.1. The lowest BCUT2D eigenvalue weighted by atomic mass is 10.0. The van der Waals surface area contributed by atoms with Crippen LogP contribution in [0.25, 0.3) is 87.7 Å². The number of benzene rings is 8. The van der Waals surface area contributed by atoms with Crippen LogP contribution in [0.1, 0.15) is 172 Å². The van der Waals surface area contributed by atoms with Crippen LogP contribution in [0.4, 0.5) is 23.3 Å². The molecule has 16 N–H and O–H groups in total. The predicted molar refractivity (Wildman–Crippen MR) is 565 cm³/mol. The van der Waals surface area contributed by atoms with Crippen LogP contribution in [0.2, 0.25) is 0 Å². The van der Waals surface area contributed by atoms with Gasteiger partial charge in [-0.25, -0.2) is 67.9 Å². The highest BCUT2D eigenvalue weighted by molar-refractivity contribution is 14.1. The maximum absolute atomic E-state index is 11.9. The van der Waals surface area contributed by atoms with Gasteiger partial charge in [0.05, 0.1) is 66.3 Å². The summed E-state index contributed by atoms with van der Waals surface area (Å²) in [6.07, 6.45) is 13.8. The number of para-hydroxylation sites is 4. The van der Waals surface area contributed by atoms with Gasteiger partial charge < -0.3 is 59.3 Å². The molecule has 0 radical (unpaired) electrons. The van der Waals surface area contributed by atoms with Crippen LogP contribution in [-0.2, 0) is 115 Å². The Balaban J connectivity index is 0.000000160. The molecule has 44 heteroatoms. The number of pyridine rings is 4. The second-order valence-electron chi connectivity index (χ2n) is 34.2. The molecule has 0 saturated heterocycles. The average molecular weight is 2220 g/mol. The SMILES string of the molecule is CCCCc1nc2c(N)nc3ccccc3c2n1Cc1cc(C)c(OP(=O)(O)O)c(CN=C=O)c1.CCCCc1nc2c(N)nc3ccccc3c2n1Cc1ccc(OP(=O)(O)O)c(CCC(=O)CBr)c1.CCCCc1nc2c(N)nc3ccccc3c2n1Cc1ccc(OP(=O)(O)O)c(CCC(=O)CCl)c1.CCCCc1nc2c(N)nc3ccccc3c2n1Cc1ccc(OP(=O)(O)O)c(CCC(=O)CI)c1. The summed E-state index contributed by atoms with van der Waals surface area (Å²) in [4.78, 5) is 162. The molecule has 0 aliphatic carbocycles. The van der Waals surface area contributed by atoms with Crippen molar-refractivity contribution in [3.8, 4) is 23.0 Å². The molecule has 8 heterocycles. The van der Waals surface area contributed by atoms with E-state index in [0.717, 1.165) is 188 Å². The summed E-state index contributed by atoms with van der Waals surface area (Å²) < 4.78 is 74.5. The van der Waals surface area contributed by atoms with Gasteiger partial charge in [-0.1, -0.05) is 207 Å². The summed E-state index contributed by atoms with van der Waals surface area (Å²) in [5.41, 5.74) is 40.4. The Morgan fingerprint density at radius 1 is 0.399 bits per heavy atom.